The van der Waals surface area contributed by atoms with Gasteiger partial charge in [-0.15, -0.1) is 0 Å². The molecule has 0 saturated heterocycles. The molecule has 7 heteroatoms. The fourth-order valence-corrected chi connectivity index (χ4v) is 5.60. The number of anilines is 3. The Bertz CT molecular complexity index is 1030. The predicted octanol–water partition coefficient (Wildman–Crippen LogP) is 6.21. The zero-order valence-corrected chi connectivity index (χ0v) is 22.9. The summed E-state index contributed by atoms with van der Waals surface area (Å²) in [5.41, 5.74) is 5.86. The third-order valence-electron chi connectivity index (χ3n) is 7.59. The van der Waals surface area contributed by atoms with E-state index in [2.05, 4.69) is 80.8 Å². The van der Waals surface area contributed by atoms with Gasteiger partial charge in [-0.2, -0.15) is 4.98 Å². The highest BCUT2D eigenvalue weighted by molar-refractivity contribution is 5.91. The molecule has 3 N–H and O–H groups in total. The molecule has 1 aromatic heterocycles. The maximum atomic E-state index is 13.0. The number of carbonyl (C=O) groups excluding carboxylic acids is 1. The van der Waals surface area contributed by atoms with Crippen LogP contribution in [0, 0.1) is 0 Å². The van der Waals surface area contributed by atoms with E-state index in [-0.39, 0.29) is 12.1 Å². The molecule has 2 aliphatic rings. The van der Waals surface area contributed by atoms with Crippen LogP contribution in [0.3, 0.4) is 0 Å². The second kappa shape index (κ2) is 11.5. The van der Waals surface area contributed by atoms with Crippen LogP contribution >= 0.6 is 0 Å². The Labute approximate surface area is 216 Å². The van der Waals surface area contributed by atoms with Gasteiger partial charge >= 0.3 is 6.03 Å². The van der Waals surface area contributed by atoms with Crippen LogP contribution in [0.15, 0.2) is 18.2 Å². The zero-order chi connectivity index (χ0) is 25.8. The van der Waals surface area contributed by atoms with E-state index < -0.39 is 0 Å². The highest BCUT2D eigenvalue weighted by atomic mass is 16.2. The zero-order valence-electron chi connectivity index (χ0n) is 22.9. The van der Waals surface area contributed by atoms with E-state index in [9.17, 15) is 4.79 Å². The van der Waals surface area contributed by atoms with E-state index >= 15 is 0 Å². The van der Waals surface area contributed by atoms with Gasteiger partial charge in [-0.3, -0.25) is 0 Å². The Hall–Kier alpha value is -2.83. The van der Waals surface area contributed by atoms with Crippen molar-refractivity contribution in [3.63, 3.8) is 0 Å². The maximum Gasteiger partial charge on any atom is 0.319 e. The lowest BCUT2D eigenvalue weighted by Gasteiger charge is -2.31. The number of benzene rings is 1. The molecule has 1 saturated carbocycles. The predicted molar refractivity (Wildman–Crippen MR) is 149 cm³/mol. The third kappa shape index (κ3) is 6.11. The number of nitrogens with zero attached hydrogens (tertiary/aromatic N) is 3. The van der Waals surface area contributed by atoms with Gasteiger partial charge in [0, 0.05) is 37.4 Å². The molecule has 1 fully saturated rings. The molecule has 0 atom stereocenters. The van der Waals surface area contributed by atoms with Crippen molar-refractivity contribution < 1.29 is 4.79 Å². The molecule has 0 aliphatic heterocycles. The number of hydrogen-bond donors (Lipinski definition) is 3. The van der Waals surface area contributed by atoms with Crippen LogP contribution in [0.4, 0.5) is 22.2 Å². The van der Waals surface area contributed by atoms with Crippen molar-refractivity contribution in [2.45, 2.75) is 103 Å². The van der Waals surface area contributed by atoms with Crippen molar-refractivity contribution in [3.8, 4) is 0 Å². The lowest BCUT2D eigenvalue weighted by atomic mass is 9.91. The third-order valence-corrected chi connectivity index (χ3v) is 7.59. The van der Waals surface area contributed by atoms with Gasteiger partial charge in [-0.1, -0.05) is 45.9 Å². The Morgan fingerprint density at radius 3 is 2.14 bits per heavy atom. The number of para-hydroxylation sites is 1. The number of urea groups is 1. The minimum atomic E-state index is -0.102. The number of aryl methyl sites for hydroxylation is 1. The number of fused-ring (bicyclic) bond motifs is 1. The standard InChI is InChI=1S/C29H44N6O/c1-18(2)22-11-9-12-23(19(3)4)26(22)33-29(36)31-21-16-14-20(15-17-21)30-28-32-25-13-8-7-10-24(25)27(34-28)35(5)6/h9,11-12,18-21H,7-8,10,13-17H2,1-6H3,(H,30,32,34)(H2,31,33,36). The van der Waals surface area contributed by atoms with E-state index in [0.717, 1.165) is 56.0 Å². The summed E-state index contributed by atoms with van der Waals surface area (Å²) >= 11 is 0. The van der Waals surface area contributed by atoms with Crippen LogP contribution < -0.4 is 20.9 Å². The smallest absolute Gasteiger partial charge is 0.319 e. The summed E-state index contributed by atoms with van der Waals surface area (Å²) in [6.45, 7) is 8.68. The molecule has 2 aromatic rings. The average Bonchev–Trinajstić information content (AvgIpc) is 2.84. The van der Waals surface area contributed by atoms with Crippen LogP contribution in [-0.4, -0.2) is 42.2 Å². The van der Waals surface area contributed by atoms with Crippen molar-refractivity contribution in [1.82, 2.24) is 15.3 Å². The molecule has 2 amide bonds. The molecule has 0 bridgehead atoms. The van der Waals surface area contributed by atoms with E-state index in [1.165, 1.54) is 35.2 Å². The van der Waals surface area contributed by atoms with E-state index in [1.54, 1.807) is 0 Å². The van der Waals surface area contributed by atoms with Crippen molar-refractivity contribution in [2.75, 3.05) is 29.6 Å². The van der Waals surface area contributed by atoms with Gasteiger partial charge in [0.1, 0.15) is 5.82 Å². The molecule has 7 nitrogen and oxygen atoms in total. The average molecular weight is 493 g/mol. The number of nitrogens with one attached hydrogen (secondary N) is 3. The first-order valence-electron chi connectivity index (χ1n) is 13.8. The second-order valence-corrected chi connectivity index (χ2v) is 11.3. The van der Waals surface area contributed by atoms with Crippen molar-refractivity contribution in [2.24, 2.45) is 0 Å². The van der Waals surface area contributed by atoms with E-state index in [0.29, 0.717) is 17.9 Å². The number of rotatable bonds is 7. The largest absolute Gasteiger partial charge is 0.362 e. The minimum absolute atomic E-state index is 0.102. The van der Waals surface area contributed by atoms with Gasteiger partial charge in [0.15, 0.2) is 0 Å². The molecular weight excluding hydrogens is 448 g/mol. The molecule has 36 heavy (non-hydrogen) atoms. The summed E-state index contributed by atoms with van der Waals surface area (Å²) in [7, 11) is 4.12. The summed E-state index contributed by atoms with van der Waals surface area (Å²) in [4.78, 5) is 24.8. The van der Waals surface area contributed by atoms with Crippen LogP contribution in [0.5, 0.6) is 0 Å². The lowest BCUT2D eigenvalue weighted by molar-refractivity contribution is 0.243. The quantitative estimate of drug-likeness (QED) is 0.428. The molecule has 4 rings (SSSR count). The fourth-order valence-electron chi connectivity index (χ4n) is 5.60. The Morgan fingerprint density at radius 1 is 0.917 bits per heavy atom. The topological polar surface area (TPSA) is 82.2 Å². The monoisotopic (exact) mass is 492 g/mol. The van der Waals surface area contributed by atoms with E-state index in [4.69, 9.17) is 9.97 Å². The van der Waals surface area contributed by atoms with E-state index in [1.807, 2.05) is 0 Å². The molecule has 0 unspecified atom stereocenters. The summed E-state index contributed by atoms with van der Waals surface area (Å²) in [6, 6.07) is 6.74. The Kier molecular flexibility index (Phi) is 8.37. The molecule has 1 heterocycles. The van der Waals surface area contributed by atoms with Gasteiger partial charge < -0.3 is 20.9 Å². The number of aromatic nitrogens is 2. The minimum Gasteiger partial charge on any atom is -0.362 e. The first kappa shape index (κ1) is 26.2. The van der Waals surface area contributed by atoms with Crippen LogP contribution in [0.1, 0.15) is 100 Å². The first-order valence-corrected chi connectivity index (χ1v) is 13.8. The molecule has 0 spiro atoms. The van der Waals surface area contributed by atoms with Crippen LogP contribution in [0.2, 0.25) is 0 Å². The van der Waals surface area contributed by atoms with Crippen LogP contribution in [0.25, 0.3) is 0 Å². The van der Waals surface area contributed by atoms with Gasteiger partial charge in [-0.25, -0.2) is 9.78 Å². The Balaban J connectivity index is 1.34. The van der Waals surface area contributed by atoms with Crippen LogP contribution in [-0.2, 0) is 12.8 Å². The van der Waals surface area contributed by atoms with Gasteiger partial charge in [0.05, 0.1) is 5.69 Å². The highest BCUT2D eigenvalue weighted by Gasteiger charge is 2.25. The second-order valence-electron chi connectivity index (χ2n) is 11.3. The Morgan fingerprint density at radius 2 is 1.53 bits per heavy atom. The summed E-state index contributed by atoms with van der Waals surface area (Å²) in [6.07, 6.45) is 8.40. The summed E-state index contributed by atoms with van der Waals surface area (Å²) in [5, 5.41) is 10.0. The van der Waals surface area contributed by atoms with Crippen molar-refractivity contribution in [3.05, 3.63) is 40.6 Å². The molecule has 1 aromatic carbocycles. The molecule has 2 aliphatic carbocycles. The number of amides is 2. The maximum absolute atomic E-state index is 13.0. The van der Waals surface area contributed by atoms with Crippen molar-refractivity contribution in [1.29, 1.82) is 0 Å². The summed E-state index contributed by atoms with van der Waals surface area (Å²) in [5.74, 6) is 2.50. The SMILES string of the molecule is CC(C)c1cccc(C(C)C)c1NC(=O)NC1CCC(Nc2nc3c(c(N(C)C)n2)CCCC3)CC1. The number of hydrogen-bond acceptors (Lipinski definition) is 5. The molecule has 0 radical (unpaired) electrons. The molecular formula is C29H44N6O. The fraction of sp³-hybridized carbons (Fsp3) is 0.621. The number of carbonyl (C=O) groups is 1. The van der Waals surface area contributed by atoms with Gasteiger partial charge in [-0.05, 0) is 74.3 Å². The normalized spacial score (nSPS) is 19.7. The van der Waals surface area contributed by atoms with Crippen molar-refractivity contribution >= 4 is 23.5 Å². The first-order chi connectivity index (χ1) is 17.2. The molecule has 196 valence electrons. The lowest BCUT2D eigenvalue weighted by Crippen LogP contribution is -2.42. The van der Waals surface area contributed by atoms with Gasteiger partial charge in [0.2, 0.25) is 5.95 Å². The summed E-state index contributed by atoms with van der Waals surface area (Å²) < 4.78 is 0. The highest BCUT2D eigenvalue weighted by Crippen LogP contribution is 2.33. The van der Waals surface area contributed by atoms with Gasteiger partial charge in [0.25, 0.3) is 0 Å².